The van der Waals surface area contributed by atoms with Crippen LogP contribution in [0.2, 0.25) is 0 Å². The van der Waals surface area contributed by atoms with Crippen LogP contribution in [0.1, 0.15) is 5.56 Å². The van der Waals surface area contributed by atoms with Crippen LogP contribution in [-0.2, 0) is 9.53 Å². The Balaban J connectivity index is 2.04. The minimum absolute atomic E-state index is 0.101. The standard InChI is InChI=1S/C19H14N2O6S/c1-27-19(24)16-17(23)15(9-11-5-7-14(22)8-6-11)28-18(16)20-12-3-2-4-13(10-12)21(25)26/h2-10,22-23H,1H3/b15-9+,20-18?. The number of aromatic hydroxyl groups is 1. The van der Waals surface area contributed by atoms with E-state index < -0.39 is 10.9 Å². The fourth-order valence-electron chi connectivity index (χ4n) is 2.41. The van der Waals surface area contributed by atoms with Crippen LogP contribution in [0, 0.1) is 10.1 Å². The molecular formula is C19H14N2O6S. The molecule has 0 spiro atoms. The zero-order chi connectivity index (χ0) is 20.3. The van der Waals surface area contributed by atoms with Crippen LogP contribution in [0.5, 0.6) is 5.75 Å². The number of aliphatic imine (C=N–C) groups is 1. The lowest BCUT2D eigenvalue weighted by Gasteiger charge is -2.02. The highest BCUT2D eigenvalue weighted by Gasteiger charge is 2.33. The summed E-state index contributed by atoms with van der Waals surface area (Å²) in [6.07, 6.45) is 1.62. The van der Waals surface area contributed by atoms with E-state index in [-0.39, 0.29) is 33.5 Å². The van der Waals surface area contributed by atoms with E-state index in [0.717, 1.165) is 11.8 Å². The molecule has 0 radical (unpaired) electrons. The van der Waals surface area contributed by atoms with Gasteiger partial charge in [-0.3, -0.25) is 10.1 Å². The molecule has 0 unspecified atom stereocenters. The Morgan fingerprint density at radius 2 is 1.93 bits per heavy atom. The Kier molecular flexibility index (Phi) is 5.46. The van der Waals surface area contributed by atoms with Gasteiger partial charge < -0.3 is 14.9 Å². The van der Waals surface area contributed by atoms with Gasteiger partial charge in [-0.25, -0.2) is 9.79 Å². The van der Waals surface area contributed by atoms with E-state index in [1.54, 1.807) is 24.3 Å². The molecule has 0 aromatic heterocycles. The summed E-state index contributed by atoms with van der Waals surface area (Å²) in [6.45, 7) is 0. The number of phenols is 1. The smallest absolute Gasteiger partial charge is 0.344 e. The summed E-state index contributed by atoms with van der Waals surface area (Å²) in [5.74, 6) is -0.971. The molecule has 2 aromatic carbocycles. The van der Waals surface area contributed by atoms with Crippen LogP contribution in [0.4, 0.5) is 11.4 Å². The number of hydrogen-bond acceptors (Lipinski definition) is 8. The first-order chi connectivity index (χ1) is 13.4. The van der Waals surface area contributed by atoms with Crippen molar-refractivity contribution >= 4 is 40.2 Å². The number of nitrogens with zero attached hydrogens (tertiary/aromatic N) is 2. The quantitative estimate of drug-likeness (QED) is 0.451. The van der Waals surface area contributed by atoms with Crippen LogP contribution >= 0.6 is 11.8 Å². The van der Waals surface area contributed by atoms with E-state index in [4.69, 9.17) is 4.74 Å². The van der Waals surface area contributed by atoms with Gasteiger partial charge in [-0.15, -0.1) is 0 Å². The Labute approximate surface area is 163 Å². The van der Waals surface area contributed by atoms with Gasteiger partial charge in [-0.1, -0.05) is 30.0 Å². The molecular weight excluding hydrogens is 384 g/mol. The topological polar surface area (TPSA) is 122 Å². The third-order valence-electron chi connectivity index (χ3n) is 3.74. The Bertz CT molecular complexity index is 1040. The van der Waals surface area contributed by atoms with Gasteiger partial charge in [0, 0.05) is 12.1 Å². The normalized spacial score (nSPS) is 16.6. The highest BCUT2D eigenvalue weighted by Crippen LogP contribution is 2.40. The first kappa shape index (κ1) is 19.2. The van der Waals surface area contributed by atoms with Crippen molar-refractivity contribution in [2.24, 2.45) is 4.99 Å². The molecule has 2 aromatic rings. The fourth-order valence-corrected chi connectivity index (χ4v) is 3.44. The molecule has 0 bridgehead atoms. The molecule has 9 heteroatoms. The Morgan fingerprint density at radius 3 is 2.57 bits per heavy atom. The molecule has 0 fully saturated rings. The van der Waals surface area contributed by atoms with E-state index in [2.05, 4.69) is 4.99 Å². The molecule has 0 aliphatic carbocycles. The van der Waals surface area contributed by atoms with Crippen molar-refractivity contribution in [1.29, 1.82) is 0 Å². The number of carbonyl (C=O) groups is 1. The van der Waals surface area contributed by atoms with Crippen LogP contribution in [0.15, 0.2) is 69.8 Å². The Morgan fingerprint density at radius 1 is 1.21 bits per heavy atom. The maximum Gasteiger partial charge on any atom is 0.344 e. The van der Waals surface area contributed by atoms with Gasteiger partial charge in [0.25, 0.3) is 5.69 Å². The largest absolute Gasteiger partial charge is 0.508 e. The number of phenolic OH excluding ortho intramolecular Hbond substituents is 1. The number of nitro benzene ring substituents is 1. The van der Waals surface area contributed by atoms with Crippen molar-refractivity contribution in [2.45, 2.75) is 0 Å². The molecule has 3 rings (SSSR count). The Hall–Kier alpha value is -3.59. The zero-order valence-corrected chi connectivity index (χ0v) is 15.3. The van der Waals surface area contributed by atoms with Crippen molar-refractivity contribution in [1.82, 2.24) is 0 Å². The van der Waals surface area contributed by atoms with Crippen molar-refractivity contribution < 1.29 is 24.7 Å². The van der Waals surface area contributed by atoms with Crippen molar-refractivity contribution in [2.75, 3.05) is 7.11 Å². The molecule has 0 saturated carbocycles. The lowest BCUT2D eigenvalue weighted by Crippen LogP contribution is -2.10. The van der Waals surface area contributed by atoms with Crippen LogP contribution in [0.3, 0.4) is 0 Å². The number of ether oxygens (including phenoxy) is 1. The second-order valence-corrected chi connectivity index (χ2v) is 6.64. The maximum atomic E-state index is 12.1. The highest BCUT2D eigenvalue weighted by molar-refractivity contribution is 8.18. The summed E-state index contributed by atoms with van der Waals surface area (Å²) in [5.41, 5.74) is 0.686. The second kappa shape index (κ2) is 7.97. The number of thioether (sulfide) groups is 1. The number of methoxy groups -OCH3 is 1. The molecule has 28 heavy (non-hydrogen) atoms. The van der Waals surface area contributed by atoms with Gasteiger partial charge >= 0.3 is 5.97 Å². The van der Waals surface area contributed by atoms with Gasteiger partial charge in [0.2, 0.25) is 0 Å². The summed E-state index contributed by atoms with van der Waals surface area (Å²) in [6, 6.07) is 11.9. The third kappa shape index (κ3) is 4.04. The number of carbonyl (C=O) groups excluding carboxylic acids is 1. The van der Waals surface area contributed by atoms with E-state index in [9.17, 15) is 25.1 Å². The average molecular weight is 398 g/mol. The van der Waals surface area contributed by atoms with Crippen LogP contribution in [0.25, 0.3) is 6.08 Å². The SMILES string of the molecule is COC(=O)C1=C(O)/C(=C\c2ccc(O)cc2)SC1=Nc1cccc([N+](=O)[O-])c1. The molecule has 0 atom stereocenters. The number of rotatable bonds is 4. The van der Waals surface area contributed by atoms with Crippen LogP contribution in [-0.4, -0.2) is 33.3 Å². The fraction of sp³-hybridized carbons (Fsp3) is 0.0526. The summed E-state index contributed by atoms with van der Waals surface area (Å²) >= 11 is 1.03. The van der Waals surface area contributed by atoms with Gasteiger partial charge in [0.05, 0.1) is 22.6 Å². The van der Waals surface area contributed by atoms with Crippen molar-refractivity contribution in [3.63, 3.8) is 0 Å². The average Bonchev–Trinajstić information content (AvgIpc) is 2.98. The van der Waals surface area contributed by atoms with Gasteiger partial charge in [0.1, 0.15) is 22.1 Å². The van der Waals surface area contributed by atoms with Crippen LogP contribution < -0.4 is 0 Å². The summed E-state index contributed by atoms with van der Waals surface area (Å²) in [5, 5.41) is 31.0. The summed E-state index contributed by atoms with van der Waals surface area (Å²) in [4.78, 5) is 27.2. The molecule has 1 aliphatic heterocycles. The molecule has 8 nitrogen and oxygen atoms in total. The lowest BCUT2D eigenvalue weighted by atomic mass is 10.1. The minimum Gasteiger partial charge on any atom is -0.508 e. The van der Waals surface area contributed by atoms with E-state index in [0.29, 0.717) is 10.5 Å². The predicted molar refractivity (Wildman–Crippen MR) is 106 cm³/mol. The second-order valence-electron chi connectivity index (χ2n) is 5.61. The number of aliphatic hydroxyl groups is 1. The number of non-ortho nitro benzene ring substituents is 1. The van der Waals surface area contributed by atoms with Crippen molar-refractivity contribution in [3.05, 3.63) is 80.4 Å². The van der Waals surface area contributed by atoms with E-state index >= 15 is 0 Å². The third-order valence-corrected chi connectivity index (χ3v) is 4.76. The number of aliphatic hydroxyl groups excluding tert-OH is 1. The van der Waals surface area contributed by atoms with E-state index in [1.165, 1.54) is 37.4 Å². The minimum atomic E-state index is -0.775. The zero-order valence-electron chi connectivity index (χ0n) is 14.5. The number of benzene rings is 2. The molecule has 0 saturated heterocycles. The number of esters is 1. The highest BCUT2D eigenvalue weighted by atomic mass is 32.2. The summed E-state index contributed by atoms with van der Waals surface area (Å²) < 4.78 is 4.73. The van der Waals surface area contributed by atoms with Crippen molar-refractivity contribution in [3.8, 4) is 5.75 Å². The molecule has 1 aliphatic rings. The van der Waals surface area contributed by atoms with Gasteiger partial charge in [-0.05, 0) is 29.8 Å². The number of hydrogen-bond donors (Lipinski definition) is 2. The number of nitro groups is 1. The summed E-state index contributed by atoms with van der Waals surface area (Å²) in [7, 11) is 1.18. The van der Waals surface area contributed by atoms with Gasteiger partial charge in [-0.2, -0.15) is 0 Å². The molecule has 2 N–H and O–H groups in total. The first-order valence-electron chi connectivity index (χ1n) is 7.93. The lowest BCUT2D eigenvalue weighted by molar-refractivity contribution is -0.384. The molecule has 142 valence electrons. The maximum absolute atomic E-state index is 12.1. The van der Waals surface area contributed by atoms with E-state index in [1.807, 2.05) is 0 Å². The first-order valence-corrected chi connectivity index (χ1v) is 8.74. The molecule has 1 heterocycles. The predicted octanol–water partition coefficient (Wildman–Crippen LogP) is 4.10. The molecule has 0 amide bonds. The monoisotopic (exact) mass is 398 g/mol. The van der Waals surface area contributed by atoms with Gasteiger partial charge in [0.15, 0.2) is 0 Å².